The zero-order chi connectivity index (χ0) is 10.1. The van der Waals surface area contributed by atoms with E-state index in [0.29, 0.717) is 13.1 Å². The van der Waals surface area contributed by atoms with E-state index < -0.39 is 6.10 Å². The van der Waals surface area contributed by atoms with E-state index in [1.807, 2.05) is 6.07 Å². The third-order valence-corrected chi connectivity index (χ3v) is 2.46. The lowest BCUT2D eigenvalue weighted by Gasteiger charge is -2.15. The summed E-state index contributed by atoms with van der Waals surface area (Å²) in [7, 11) is 0. The van der Waals surface area contributed by atoms with Gasteiger partial charge in [-0.3, -0.25) is 10.1 Å². The molecule has 1 aliphatic heterocycles. The highest BCUT2D eigenvalue weighted by Crippen LogP contribution is 2.20. The molecular formula is C8H13N5O. The monoisotopic (exact) mass is 195 g/mol. The molecule has 2 rings (SSSR count). The smallest absolute Gasteiger partial charge is 0.188 e. The Morgan fingerprint density at radius 3 is 2.86 bits per heavy atom. The van der Waals surface area contributed by atoms with Crippen molar-refractivity contribution in [3.63, 3.8) is 0 Å². The number of aliphatic hydroxyl groups excluding tert-OH is 1. The number of aliphatic hydroxyl groups is 1. The molecule has 1 aliphatic rings. The van der Waals surface area contributed by atoms with E-state index >= 15 is 0 Å². The second-order valence-corrected chi connectivity index (χ2v) is 3.41. The number of aromatic nitrogens is 2. The third-order valence-electron chi connectivity index (χ3n) is 2.46. The van der Waals surface area contributed by atoms with E-state index in [-0.39, 0.29) is 12.0 Å². The van der Waals surface area contributed by atoms with Gasteiger partial charge in [0.2, 0.25) is 0 Å². The van der Waals surface area contributed by atoms with Crippen LogP contribution < -0.4 is 5.73 Å². The van der Waals surface area contributed by atoms with E-state index in [1.165, 1.54) is 0 Å². The average Bonchev–Trinajstić information content (AvgIpc) is 2.71. The minimum atomic E-state index is -0.515. The van der Waals surface area contributed by atoms with E-state index in [2.05, 4.69) is 5.10 Å². The fraction of sp³-hybridized carbons (Fsp3) is 0.500. The molecule has 1 fully saturated rings. The van der Waals surface area contributed by atoms with Gasteiger partial charge in [0.15, 0.2) is 5.96 Å². The molecule has 76 valence electrons. The van der Waals surface area contributed by atoms with Crippen molar-refractivity contribution in [1.29, 1.82) is 5.41 Å². The van der Waals surface area contributed by atoms with Crippen LogP contribution in [0.15, 0.2) is 18.5 Å². The molecule has 0 radical (unpaired) electrons. The molecule has 1 saturated heterocycles. The van der Waals surface area contributed by atoms with Crippen molar-refractivity contribution < 1.29 is 5.11 Å². The van der Waals surface area contributed by atoms with Crippen LogP contribution in [0, 0.1) is 5.41 Å². The highest BCUT2D eigenvalue weighted by atomic mass is 16.3. The molecule has 6 heteroatoms. The first-order chi connectivity index (χ1) is 6.68. The molecule has 1 aromatic rings. The average molecular weight is 195 g/mol. The van der Waals surface area contributed by atoms with Crippen LogP contribution in [0.1, 0.15) is 6.04 Å². The van der Waals surface area contributed by atoms with Gasteiger partial charge in [-0.1, -0.05) is 0 Å². The highest BCUT2D eigenvalue weighted by Gasteiger charge is 2.33. The summed E-state index contributed by atoms with van der Waals surface area (Å²) in [5.41, 5.74) is 5.34. The van der Waals surface area contributed by atoms with Crippen LogP contribution in [0.4, 0.5) is 0 Å². The molecule has 0 amide bonds. The zero-order valence-corrected chi connectivity index (χ0v) is 7.67. The molecule has 0 aliphatic carbocycles. The molecule has 0 aromatic carbocycles. The molecule has 4 N–H and O–H groups in total. The Balaban J connectivity index is 2.12. The number of nitrogens with one attached hydrogen (secondary N) is 1. The standard InChI is InChI=1S/C8H13N5O/c9-8(10)12-4-6(7(14)5-12)13-3-1-2-11-13/h1-3,6-7,14H,4-5H2,(H3,9,10)/t6-,7+/m0/s1. The Morgan fingerprint density at radius 2 is 2.36 bits per heavy atom. The van der Waals surface area contributed by atoms with Crippen LogP contribution in [-0.4, -0.2) is 44.9 Å². The topological polar surface area (TPSA) is 91.2 Å². The summed E-state index contributed by atoms with van der Waals surface area (Å²) < 4.78 is 1.70. The first-order valence-corrected chi connectivity index (χ1v) is 4.44. The van der Waals surface area contributed by atoms with Crippen molar-refractivity contribution in [2.45, 2.75) is 12.1 Å². The van der Waals surface area contributed by atoms with Gasteiger partial charge in [0, 0.05) is 25.5 Å². The molecule has 2 heterocycles. The maximum Gasteiger partial charge on any atom is 0.188 e. The number of nitrogens with zero attached hydrogens (tertiary/aromatic N) is 3. The van der Waals surface area contributed by atoms with Gasteiger partial charge < -0.3 is 15.7 Å². The maximum absolute atomic E-state index is 9.73. The van der Waals surface area contributed by atoms with Gasteiger partial charge in [0.05, 0.1) is 12.1 Å². The summed E-state index contributed by atoms with van der Waals surface area (Å²) in [6.07, 6.45) is 2.96. The number of rotatable bonds is 1. The van der Waals surface area contributed by atoms with Crippen LogP contribution in [0.2, 0.25) is 0 Å². The van der Waals surface area contributed by atoms with Gasteiger partial charge in [0.1, 0.15) is 0 Å². The molecule has 0 unspecified atom stereocenters. The fourth-order valence-corrected chi connectivity index (χ4v) is 1.70. The summed E-state index contributed by atoms with van der Waals surface area (Å²) in [6.45, 7) is 0.943. The van der Waals surface area contributed by atoms with Crippen LogP contribution in [-0.2, 0) is 0 Å². The van der Waals surface area contributed by atoms with Gasteiger partial charge in [-0.05, 0) is 6.07 Å². The number of likely N-dealkylation sites (tertiary alicyclic amines) is 1. The largest absolute Gasteiger partial charge is 0.389 e. The van der Waals surface area contributed by atoms with Crippen LogP contribution in [0.5, 0.6) is 0 Å². The van der Waals surface area contributed by atoms with Gasteiger partial charge in [-0.15, -0.1) is 0 Å². The number of hydrogen-bond acceptors (Lipinski definition) is 3. The first kappa shape index (κ1) is 9.01. The first-order valence-electron chi connectivity index (χ1n) is 4.44. The predicted molar refractivity (Wildman–Crippen MR) is 50.8 cm³/mol. The van der Waals surface area contributed by atoms with E-state index in [1.54, 1.807) is 22.0 Å². The zero-order valence-electron chi connectivity index (χ0n) is 7.67. The van der Waals surface area contributed by atoms with E-state index in [9.17, 15) is 5.11 Å². The predicted octanol–water partition coefficient (Wildman–Crippen LogP) is -1.01. The molecule has 0 saturated carbocycles. The van der Waals surface area contributed by atoms with Crippen molar-refractivity contribution >= 4 is 5.96 Å². The van der Waals surface area contributed by atoms with Crippen LogP contribution in [0.3, 0.4) is 0 Å². The molecule has 1 aromatic heterocycles. The highest BCUT2D eigenvalue weighted by molar-refractivity contribution is 5.75. The lowest BCUT2D eigenvalue weighted by Crippen LogP contribution is -2.35. The Hall–Kier alpha value is -1.56. The normalized spacial score (nSPS) is 26.8. The van der Waals surface area contributed by atoms with Gasteiger partial charge >= 0.3 is 0 Å². The van der Waals surface area contributed by atoms with Crippen molar-refractivity contribution in [3.8, 4) is 0 Å². The second-order valence-electron chi connectivity index (χ2n) is 3.41. The number of hydrogen-bond donors (Lipinski definition) is 3. The molecule has 0 spiro atoms. The molecule has 6 nitrogen and oxygen atoms in total. The van der Waals surface area contributed by atoms with Gasteiger partial charge in [-0.25, -0.2) is 0 Å². The summed E-state index contributed by atoms with van der Waals surface area (Å²) >= 11 is 0. The Kier molecular flexibility index (Phi) is 2.12. The minimum Gasteiger partial charge on any atom is -0.389 e. The van der Waals surface area contributed by atoms with Crippen molar-refractivity contribution in [1.82, 2.24) is 14.7 Å². The molecular weight excluding hydrogens is 182 g/mol. The SMILES string of the molecule is N=C(N)N1C[C@@H](O)[C@@H](n2cccn2)C1. The Morgan fingerprint density at radius 1 is 1.57 bits per heavy atom. The Labute approximate surface area is 81.4 Å². The lowest BCUT2D eigenvalue weighted by atomic mass is 10.2. The molecule has 14 heavy (non-hydrogen) atoms. The van der Waals surface area contributed by atoms with Gasteiger partial charge in [-0.2, -0.15) is 5.10 Å². The Bertz CT molecular complexity index is 322. The number of β-amino-alcohol motifs (C(OH)–C–C–N with tert-alkyl or cyclic N) is 1. The van der Waals surface area contributed by atoms with Crippen molar-refractivity contribution in [3.05, 3.63) is 18.5 Å². The van der Waals surface area contributed by atoms with Crippen molar-refractivity contribution in [2.24, 2.45) is 5.73 Å². The summed E-state index contributed by atoms with van der Waals surface area (Å²) in [5, 5.41) is 21.0. The summed E-state index contributed by atoms with van der Waals surface area (Å²) in [6, 6.07) is 1.71. The van der Waals surface area contributed by atoms with E-state index in [0.717, 1.165) is 0 Å². The van der Waals surface area contributed by atoms with Gasteiger partial charge in [0.25, 0.3) is 0 Å². The maximum atomic E-state index is 9.73. The second kappa shape index (κ2) is 3.30. The van der Waals surface area contributed by atoms with Crippen molar-refractivity contribution in [2.75, 3.05) is 13.1 Å². The van der Waals surface area contributed by atoms with E-state index in [4.69, 9.17) is 11.1 Å². The number of nitrogens with two attached hydrogens (primary N) is 1. The minimum absolute atomic E-state index is 0.00120. The van der Waals surface area contributed by atoms with Crippen LogP contribution >= 0.6 is 0 Å². The molecule has 0 bridgehead atoms. The van der Waals surface area contributed by atoms with Crippen LogP contribution in [0.25, 0.3) is 0 Å². The molecule has 2 atom stereocenters. The quantitative estimate of drug-likeness (QED) is 0.395. The number of guanidine groups is 1. The lowest BCUT2D eigenvalue weighted by molar-refractivity contribution is 0.142. The fourth-order valence-electron chi connectivity index (χ4n) is 1.70. The third kappa shape index (κ3) is 1.44. The summed E-state index contributed by atoms with van der Waals surface area (Å²) in [4.78, 5) is 1.64. The summed E-state index contributed by atoms with van der Waals surface area (Å²) in [5.74, 6) is -0.00120.